The molecule has 0 radical (unpaired) electrons. The molecule has 4 nitrogen and oxygen atoms in total. The highest BCUT2D eigenvalue weighted by Gasteiger charge is 2.25. The summed E-state index contributed by atoms with van der Waals surface area (Å²) in [5.41, 5.74) is 1.11. The second kappa shape index (κ2) is 8.41. The van der Waals surface area contributed by atoms with Crippen LogP contribution in [0.1, 0.15) is 57.4 Å². The Bertz CT molecular complexity index is 519. The number of hydrogen-bond donors (Lipinski definition) is 1. The van der Waals surface area contributed by atoms with E-state index in [9.17, 15) is 4.79 Å². The first-order chi connectivity index (χ1) is 11.7. The van der Waals surface area contributed by atoms with Crippen molar-refractivity contribution in [2.24, 2.45) is 5.92 Å². The standard InChI is InChI=1S/C20H30N2O2/c1-2-22(15-17-8-9-17)20(23)21-14-16-10-12-19(13-11-16)24-18-6-4-3-5-7-18/h10-13,17-18H,2-9,14-15H2,1H3,(H,21,23). The summed E-state index contributed by atoms with van der Waals surface area (Å²) in [5, 5.41) is 3.03. The first kappa shape index (κ1) is 17.1. The summed E-state index contributed by atoms with van der Waals surface area (Å²) in [6.07, 6.45) is 9.17. The number of urea groups is 1. The van der Waals surface area contributed by atoms with E-state index < -0.39 is 0 Å². The third kappa shape index (κ3) is 5.15. The number of amides is 2. The van der Waals surface area contributed by atoms with Crippen molar-refractivity contribution >= 4 is 6.03 Å². The molecule has 0 heterocycles. The Morgan fingerprint density at radius 3 is 2.46 bits per heavy atom. The van der Waals surface area contributed by atoms with Crippen molar-refractivity contribution in [2.75, 3.05) is 13.1 Å². The summed E-state index contributed by atoms with van der Waals surface area (Å²) >= 11 is 0. The van der Waals surface area contributed by atoms with Crippen molar-refractivity contribution in [3.63, 3.8) is 0 Å². The van der Waals surface area contributed by atoms with E-state index >= 15 is 0 Å². The van der Waals surface area contributed by atoms with Crippen molar-refractivity contribution in [1.29, 1.82) is 0 Å². The Balaban J connectivity index is 1.44. The Kier molecular flexibility index (Phi) is 6.00. The lowest BCUT2D eigenvalue weighted by Gasteiger charge is -2.23. The van der Waals surface area contributed by atoms with Gasteiger partial charge in [-0.15, -0.1) is 0 Å². The van der Waals surface area contributed by atoms with Crippen molar-refractivity contribution in [3.05, 3.63) is 29.8 Å². The van der Waals surface area contributed by atoms with Gasteiger partial charge in [0.15, 0.2) is 0 Å². The summed E-state index contributed by atoms with van der Waals surface area (Å²) in [5.74, 6) is 1.67. The van der Waals surface area contributed by atoms with E-state index in [2.05, 4.69) is 17.4 Å². The minimum absolute atomic E-state index is 0.0481. The van der Waals surface area contributed by atoms with E-state index in [1.807, 2.05) is 24.0 Å². The summed E-state index contributed by atoms with van der Waals surface area (Å²) in [7, 11) is 0. The maximum absolute atomic E-state index is 12.2. The van der Waals surface area contributed by atoms with Gasteiger partial charge in [0, 0.05) is 19.6 Å². The highest BCUT2D eigenvalue weighted by molar-refractivity contribution is 5.74. The predicted molar refractivity (Wildman–Crippen MR) is 96.1 cm³/mol. The Hall–Kier alpha value is -1.71. The van der Waals surface area contributed by atoms with Crippen LogP contribution in [-0.4, -0.2) is 30.1 Å². The van der Waals surface area contributed by atoms with Crippen LogP contribution in [0.2, 0.25) is 0 Å². The van der Waals surface area contributed by atoms with Crippen molar-refractivity contribution < 1.29 is 9.53 Å². The van der Waals surface area contributed by atoms with E-state index in [4.69, 9.17) is 4.74 Å². The third-order valence-electron chi connectivity index (χ3n) is 5.07. The summed E-state index contributed by atoms with van der Waals surface area (Å²) in [4.78, 5) is 14.1. The fraction of sp³-hybridized carbons (Fsp3) is 0.650. The fourth-order valence-corrected chi connectivity index (χ4v) is 3.32. The van der Waals surface area contributed by atoms with Gasteiger partial charge in [-0.1, -0.05) is 18.6 Å². The lowest BCUT2D eigenvalue weighted by atomic mass is 9.98. The normalized spacial score (nSPS) is 18.2. The second-order valence-electron chi connectivity index (χ2n) is 7.16. The Labute approximate surface area is 145 Å². The zero-order valence-electron chi connectivity index (χ0n) is 14.8. The lowest BCUT2D eigenvalue weighted by molar-refractivity contribution is 0.155. The molecule has 0 unspecified atom stereocenters. The molecule has 24 heavy (non-hydrogen) atoms. The van der Waals surface area contributed by atoms with Crippen LogP contribution in [0.4, 0.5) is 4.79 Å². The highest BCUT2D eigenvalue weighted by atomic mass is 16.5. The van der Waals surface area contributed by atoms with Crippen LogP contribution in [0, 0.1) is 5.92 Å². The number of carbonyl (C=O) groups excluding carboxylic acids is 1. The maximum atomic E-state index is 12.2. The molecular weight excluding hydrogens is 300 g/mol. The van der Waals surface area contributed by atoms with E-state index in [-0.39, 0.29) is 6.03 Å². The summed E-state index contributed by atoms with van der Waals surface area (Å²) in [6.45, 7) is 4.29. The summed E-state index contributed by atoms with van der Waals surface area (Å²) in [6, 6.07) is 8.20. The highest BCUT2D eigenvalue weighted by Crippen LogP contribution is 2.29. The number of nitrogens with one attached hydrogen (secondary N) is 1. The molecule has 0 spiro atoms. The molecule has 2 fully saturated rings. The molecule has 0 aliphatic heterocycles. The molecule has 2 amide bonds. The van der Waals surface area contributed by atoms with Gasteiger partial charge in [-0.05, 0) is 69.1 Å². The Morgan fingerprint density at radius 1 is 1.12 bits per heavy atom. The van der Waals surface area contributed by atoms with Crippen LogP contribution in [0.25, 0.3) is 0 Å². The molecule has 2 aliphatic rings. The van der Waals surface area contributed by atoms with Crippen molar-refractivity contribution in [2.45, 2.75) is 64.5 Å². The van der Waals surface area contributed by atoms with E-state index in [1.54, 1.807) is 0 Å². The Morgan fingerprint density at radius 2 is 1.83 bits per heavy atom. The van der Waals surface area contributed by atoms with Gasteiger partial charge in [0.2, 0.25) is 0 Å². The predicted octanol–water partition coefficient (Wildman–Crippen LogP) is 4.34. The van der Waals surface area contributed by atoms with E-state index in [1.165, 1.54) is 44.9 Å². The van der Waals surface area contributed by atoms with Crippen LogP contribution in [-0.2, 0) is 6.54 Å². The van der Waals surface area contributed by atoms with Crippen LogP contribution >= 0.6 is 0 Å². The molecular formula is C20H30N2O2. The van der Waals surface area contributed by atoms with Crippen molar-refractivity contribution in [1.82, 2.24) is 10.2 Å². The second-order valence-corrected chi connectivity index (χ2v) is 7.16. The number of carbonyl (C=O) groups is 1. The topological polar surface area (TPSA) is 41.6 Å². The quantitative estimate of drug-likeness (QED) is 0.808. The minimum atomic E-state index is 0.0481. The van der Waals surface area contributed by atoms with Gasteiger partial charge in [-0.2, -0.15) is 0 Å². The molecule has 1 aromatic rings. The largest absolute Gasteiger partial charge is 0.490 e. The average molecular weight is 330 g/mol. The third-order valence-corrected chi connectivity index (χ3v) is 5.07. The van der Waals surface area contributed by atoms with Gasteiger partial charge in [0.05, 0.1) is 6.10 Å². The molecule has 1 N–H and O–H groups in total. The minimum Gasteiger partial charge on any atom is -0.490 e. The molecule has 2 aliphatic carbocycles. The maximum Gasteiger partial charge on any atom is 0.317 e. The molecule has 132 valence electrons. The molecule has 0 bridgehead atoms. The fourth-order valence-electron chi connectivity index (χ4n) is 3.32. The molecule has 0 aromatic heterocycles. The number of ether oxygens (including phenoxy) is 1. The number of hydrogen-bond acceptors (Lipinski definition) is 2. The number of nitrogens with zero attached hydrogens (tertiary/aromatic N) is 1. The first-order valence-electron chi connectivity index (χ1n) is 9.53. The van der Waals surface area contributed by atoms with E-state index in [0.717, 1.165) is 30.3 Å². The van der Waals surface area contributed by atoms with Gasteiger partial charge < -0.3 is 15.0 Å². The molecule has 2 saturated carbocycles. The van der Waals surface area contributed by atoms with Crippen LogP contribution in [0.15, 0.2) is 24.3 Å². The van der Waals surface area contributed by atoms with E-state index in [0.29, 0.717) is 12.6 Å². The SMILES string of the molecule is CCN(CC1CC1)C(=O)NCc1ccc(OC2CCCCC2)cc1. The van der Waals surface area contributed by atoms with Gasteiger partial charge in [0.1, 0.15) is 5.75 Å². The monoisotopic (exact) mass is 330 g/mol. The molecule has 1 aromatic carbocycles. The average Bonchev–Trinajstić information content (AvgIpc) is 3.44. The smallest absolute Gasteiger partial charge is 0.317 e. The van der Waals surface area contributed by atoms with Gasteiger partial charge in [0.25, 0.3) is 0 Å². The van der Waals surface area contributed by atoms with Crippen molar-refractivity contribution in [3.8, 4) is 5.75 Å². The zero-order chi connectivity index (χ0) is 16.8. The van der Waals surface area contributed by atoms with Crippen LogP contribution in [0.5, 0.6) is 5.75 Å². The lowest BCUT2D eigenvalue weighted by Crippen LogP contribution is -2.40. The van der Waals surface area contributed by atoms with Gasteiger partial charge >= 0.3 is 6.03 Å². The van der Waals surface area contributed by atoms with Gasteiger partial charge in [-0.3, -0.25) is 0 Å². The van der Waals surface area contributed by atoms with Crippen LogP contribution < -0.4 is 10.1 Å². The number of benzene rings is 1. The first-order valence-corrected chi connectivity index (χ1v) is 9.53. The van der Waals surface area contributed by atoms with Crippen LogP contribution in [0.3, 0.4) is 0 Å². The zero-order valence-corrected chi connectivity index (χ0v) is 14.8. The molecule has 0 atom stereocenters. The molecule has 0 saturated heterocycles. The number of rotatable bonds is 7. The summed E-state index contributed by atoms with van der Waals surface area (Å²) < 4.78 is 6.05. The molecule has 4 heteroatoms. The molecule has 3 rings (SSSR count). The van der Waals surface area contributed by atoms with Gasteiger partial charge in [-0.25, -0.2) is 4.79 Å².